The molecule has 27 heavy (non-hydrogen) atoms. The van der Waals surface area contributed by atoms with Crippen molar-refractivity contribution in [2.45, 2.75) is 13.1 Å². The highest BCUT2D eigenvalue weighted by Gasteiger charge is 2.30. The summed E-state index contributed by atoms with van der Waals surface area (Å²) >= 11 is 3.31. The highest BCUT2D eigenvalue weighted by molar-refractivity contribution is 9.10. The quantitative estimate of drug-likeness (QED) is 0.526. The van der Waals surface area contributed by atoms with Crippen molar-refractivity contribution < 1.29 is 27.5 Å². The lowest BCUT2D eigenvalue weighted by Crippen LogP contribution is -2.20. The second-order valence-electron chi connectivity index (χ2n) is 5.60. The Morgan fingerprint density at radius 1 is 1.19 bits per heavy atom. The number of nitrogens with one attached hydrogen (secondary N) is 1. The molecule has 0 aliphatic carbocycles. The monoisotopic (exact) mass is 441 g/mol. The summed E-state index contributed by atoms with van der Waals surface area (Å²) in [5.74, 6) is -1.38. The molecule has 4 nitrogen and oxygen atoms in total. The van der Waals surface area contributed by atoms with Gasteiger partial charge in [0, 0.05) is 10.5 Å². The lowest BCUT2D eigenvalue weighted by molar-refractivity contribution is -0.142. The van der Waals surface area contributed by atoms with Crippen molar-refractivity contribution in [3.05, 3.63) is 69.7 Å². The average molecular weight is 442 g/mol. The summed E-state index contributed by atoms with van der Waals surface area (Å²) in [5, 5.41) is 2.58. The molecule has 1 amide bonds. The number of benzene rings is 2. The first-order valence-electron chi connectivity index (χ1n) is 7.73. The third-order valence-electron chi connectivity index (χ3n) is 3.37. The number of hydrogen-bond donors (Lipinski definition) is 1. The number of aryl methyl sites for hydroxylation is 1. The number of alkyl halides is 3. The van der Waals surface area contributed by atoms with Crippen LogP contribution in [0.4, 0.5) is 18.9 Å². The summed E-state index contributed by atoms with van der Waals surface area (Å²) < 4.78 is 43.4. The van der Waals surface area contributed by atoms with Crippen molar-refractivity contribution in [3.8, 4) is 0 Å². The summed E-state index contributed by atoms with van der Waals surface area (Å²) in [7, 11) is 0. The zero-order chi connectivity index (χ0) is 20.0. The summed E-state index contributed by atoms with van der Waals surface area (Å²) in [6.45, 7) is 1.38. The van der Waals surface area contributed by atoms with Crippen LogP contribution in [0.3, 0.4) is 0 Å². The number of anilines is 1. The molecule has 0 saturated carbocycles. The van der Waals surface area contributed by atoms with Crippen LogP contribution in [0.5, 0.6) is 0 Å². The van der Waals surface area contributed by atoms with Gasteiger partial charge < -0.3 is 10.1 Å². The average Bonchev–Trinajstić information content (AvgIpc) is 2.60. The first-order chi connectivity index (χ1) is 12.6. The molecular weight excluding hydrogens is 427 g/mol. The van der Waals surface area contributed by atoms with Crippen LogP contribution in [0.2, 0.25) is 0 Å². The van der Waals surface area contributed by atoms with Crippen molar-refractivity contribution in [2.75, 3.05) is 11.9 Å². The van der Waals surface area contributed by atoms with Crippen LogP contribution in [0.15, 0.2) is 53.0 Å². The Morgan fingerprint density at radius 2 is 1.93 bits per heavy atom. The van der Waals surface area contributed by atoms with E-state index in [1.165, 1.54) is 18.2 Å². The Kier molecular flexibility index (Phi) is 6.79. The van der Waals surface area contributed by atoms with E-state index in [0.717, 1.165) is 23.8 Å². The van der Waals surface area contributed by atoms with E-state index < -0.39 is 30.2 Å². The van der Waals surface area contributed by atoms with Crippen LogP contribution >= 0.6 is 15.9 Å². The van der Waals surface area contributed by atoms with Crippen molar-refractivity contribution in [1.82, 2.24) is 0 Å². The second kappa shape index (κ2) is 8.85. The van der Waals surface area contributed by atoms with Gasteiger partial charge in [-0.05, 0) is 64.3 Å². The topological polar surface area (TPSA) is 55.4 Å². The van der Waals surface area contributed by atoms with Crippen molar-refractivity contribution >= 4 is 39.6 Å². The second-order valence-corrected chi connectivity index (χ2v) is 6.45. The molecule has 0 atom stereocenters. The highest BCUT2D eigenvalue weighted by Crippen LogP contribution is 2.29. The summed E-state index contributed by atoms with van der Waals surface area (Å²) in [5.41, 5.74) is 0.906. The molecule has 0 unspecified atom stereocenters. The standard InChI is InChI=1S/C19H15BrF3NO3/c1-12-5-7-16(15(20)9-12)24-17(25)11-27-18(26)8-6-13-3-2-4-14(10-13)19(21,22)23/h2-10H,11H2,1H3,(H,24,25)/b8-6+. The highest BCUT2D eigenvalue weighted by atomic mass is 79.9. The lowest BCUT2D eigenvalue weighted by Gasteiger charge is -2.08. The zero-order valence-corrected chi connectivity index (χ0v) is 15.7. The van der Waals surface area contributed by atoms with Crippen LogP contribution in [0.25, 0.3) is 6.08 Å². The van der Waals surface area contributed by atoms with E-state index in [1.807, 2.05) is 19.1 Å². The Hall–Kier alpha value is -2.61. The van der Waals surface area contributed by atoms with E-state index in [4.69, 9.17) is 4.74 Å². The van der Waals surface area contributed by atoms with E-state index in [9.17, 15) is 22.8 Å². The molecule has 2 aromatic rings. The van der Waals surface area contributed by atoms with Gasteiger partial charge in [0.25, 0.3) is 5.91 Å². The minimum absolute atomic E-state index is 0.190. The largest absolute Gasteiger partial charge is 0.452 e. The third kappa shape index (κ3) is 6.56. The SMILES string of the molecule is Cc1ccc(NC(=O)COC(=O)/C=C/c2cccc(C(F)(F)F)c2)c(Br)c1. The van der Waals surface area contributed by atoms with Gasteiger partial charge in [-0.2, -0.15) is 13.2 Å². The Labute approximate surface area is 162 Å². The van der Waals surface area contributed by atoms with Crippen molar-refractivity contribution in [2.24, 2.45) is 0 Å². The maximum atomic E-state index is 12.6. The minimum Gasteiger partial charge on any atom is -0.452 e. The Bertz CT molecular complexity index is 879. The molecule has 1 N–H and O–H groups in total. The van der Waals surface area contributed by atoms with Gasteiger partial charge in [0.15, 0.2) is 6.61 Å². The van der Waals surface area contributed by atoms with E-state index in [-0.39, 0.29) is 5.56 Å². The predicted molar refractivity (Wildman–Crippen MR) is 98.9 cm³/mol. The molecule has 142 valence electrons. The smallest absolute Gasteiger partial charge is 0.416 e. The van der Waals surface area contributed by atoms with Gasteiger partial charge >= 0.3 is 12.1 Å². The summed E-state index contributed by atoms with van der Waals surface area (Å²) in [6.07, 6.45) is -2.32. The number of amides is 1. The molecule has 0 bridgehead atoms. The molecule has 0 radical (unpaired) electrons. The molecule has 0 saturated heterocycles. The molecule has 8 heteroatoms. The van der Waals surface area contributed by atoms with Gasteiger partial charge in [-0.15, -0.1) is 0 Å². The minimum atomic E-state index is -4.47. The fourth-order valence-electron chi connectivity index (χ4n) is 2.08. The molecule has 0 heterocycles. The number of ether oxygens (including phenoxy) is 1. The lowest BCUT2D eigenvalue weighted by atomic mass is 10.1. The number of carbonyl (C=O) groups excluding carboxylic acids is 2. The normalized spacial score (nSPS) is 11.4. The van der Waals surface area contributed by atoms with Crippen LogP contribution in [0.1, 0.15) is 16.7 Å². The fourth-order valence-corrected chi connectivity index (χ4v) is 2.67. The number of halogens is 4. The third-order valence-corrected chi connectivity index (χ3v) is 4.03. The fraction of sp³-hybridized carbons (Fsp3) is 0.158. The van der Waals surface area contributed by atoms with Crippen molar-refractivity contribution in [3.63, 3.8) is 0 Å². The molecular formula is C19H15BrF3NO3. The van der Waals surface area contributed by atoms with Crippen LogP contribution in [-0.4, -0.2) is 18.5 Å². The van der Waals surface area contributed by atoms with Crippen molar-refractivity contribution in [1.29, 1.82) is 0 Å². The summed E-state index contributed by atoms with van der Waals surface area (Å²) in [6, 6.07) is 9.83. The van der Waals surface area contributed by atoms with E-state index >= 15 is 0 Å². The van der Waals surface area contributed by atoms with E-state index in [0.29, 0.717) is 10.2 Å². The van der Waals surface area contributed by atoms with Crippen LogP contribution in [-0.2, 0) is 20.5 Å². The van der Waals surface area contributed by atoms with Gasteiger partial charge in [0.1, 0.15) is 0 Å². The maximum Gasteiger partial charge on any atom is 0.416 e. The summed E-state index contributed by atoms with van der Waals surface area (Å²) in [4.78, 5) is 23.5. The molecule has 2 rings (SSSR count). The maximum absolute atomic E-state index is 12.6. The Morgan fingerprint density at radius 3 is 2.59 bits per heavy atom. The molecule has 0 aliphatic heterocycles. The predicted octanol–water partition coefficient (Wildman–Crippen LogP) is 4.97. The van der Waals surface area contributed by atoms with E-state index in [2.05, 4.69) is 21.2 Å². The number of esters is 1. The molecule has 0 aromatic heterocycles. The van der Waals surface area contributed by atoms with Gasteiger partial charge in [0.05, 0.1) is 11.3 Å². The Balaban J connectivity index is 1.88. The van der Waals surface area contributed by atoms with Gasteiger partial charge in [0.2, 0.25) is 0 Å². The van der Waals surface area contributed by atoms with Crippen LogP contribution in [0, 0.1) is 6.92 Å². The van der Waals surface area contributed by atoms with Gasteiger partial charge in [-0.25, -0.2) is 4.79 Å². The number of hydrogen-bond acceptors (Lipinski definition) is 3. The number of rotatable bonds is 5. The van der Waals surface area contributed by atoms with Crippen LogP contribution < -0.4 is 5.32 Å². The molecule has 2 aromatic carbocycles. The zero-order valence-electron chi connectivity index (χ0n) is 14.1. The molecule has 0 spiro atoms. The van der Waals surface area contributed by atoms with E-state index in [1.54, 1.807) is 6.07 Å². The van der Waals surface area contributed by atoms with Gasteiger partial charge in [-0.1, -0.05) is 18.2 Å². The first-order valence-corrected chi connectivity index (χ1v) is 8.52. The first kappa shape index (κ1) is 20.7. The molecule has 0 fully saturated rings. The molecule has 0 aliphatic rings. The number of carbonyl (C=O) groups is 2. The van der Waals surface area contributed by atoms with Gasteiger partial charge in [-0.3, -0.25) is 4.79 Å².